The van der Waals surface area contributed by atoms with E-state index >= 15 is 0 Å². The van der Waals surface area contributed by atoms with Gasteiger partial charge in [-0.3, -0.25) is 4.79 Å². The Kier molecular flexibility index (Phi) is 7.93. The Balaban J connectivity index is 1.51. The second-order valence-electron chi connectivity index (χ2n) is 6.87. The first kappa shape index (κ1) is 22.8. The predicted octanol–water partition coefficient (Wildman–Crippen LogP) is 4.48. The summed E-state index contributed by atoms with van der Waals surface area (Å²) in [6, 6.07) is 7.63. The van der Waals surface area contributed by atoms with Crippen molar-refractivity contribution >= 4 is 46.6 Å². The molecular formula is C21H21ClFNO4S2. The van der Waals surface area contributed by atoms with Crippen molar-refractivity contribution in [1.29, 1.82) is 0 Å². The number of aliphatic hydroxyl groups excluding tert-OH is 1. The van der Waals surface area contributed by atoms with Crippen molar-refractivity contribution in [2.75, 3.05) is 12.3 Å². The lowest BCUT2D eigenvalue weighted by Gasteiger charge is -2.22. The maximum Gasteiger partial charge on any atom is 0.345 e. The molecule has 2 N–H and O–H groups in total. The predicted molar refractivity (Wildman–Crippen MR) is 117 cm³/mol. The van der Waals surface area contributed by atoms with Crippen LogP contribution in [-0.2, 0) is 11.2 Å². The normalized spacial score (nSPS) is 17.8. The van der Waals surface area contributed by atoms with E-state index in [0.29, 0.717) is 36.4 Å². The van der Waals surface area contributed by atoms with Crippen LogP contribution in [0.15, 0.2) is 46.7 Å². The molecule has 2 heterocycles. The van der Waals surface area contributed by atoms with Crippen molar-refractivity contribution < 1.29 is 24.2 Å². The van der Waals surface area contributed by atoms with Crippen molar-refractivity contribution in [3.05, 3.63) is 63.8 Å². The van der Waals surface area contributed by atoms with Crippen molar-refractivity contribution in [1.82, 2.24) is 4.90 Å². The van der Waals surface area contributed by atoms with E-state index in [-0.39, 0.29) is 17.0 Å². The van der Waals surface area contributed by atoms with Crippen LogP contribution in [0.5, 0.6) is 0 Å². The third kappa shape index (κ3) is 6.07. The number of thioether (sulfide) groups is 1. The average molecular weight is 470 g/mol. The number of aliphatic hydroxyl groups is 1. The van der Waals surface area contributed by atoms with Gasteiger partial charge in [0, 0.05) is 25.1 Å². The Bertz CT molecular complexity index is 949. The fourth-order valence-corrected chi connectivity index (χ4v) is 5.42. The number of carboxylic acid groups (broad SMARTS) is 1. The van der Waals surface area contributed by atoms with Crippen LogP contribution in [0, 0.1) is 5.82 Å². The summed E-state index contributed by atoms with van der Waals surface area (Å²) >= 11 is 8.52. The van der Waals surface area contributed by atoms with Gasteiger partial charge in [0.25, 0.3) is 0 Å². The summed E-state index contributed by atoms with van der Waals surface area (Å²) in [6.45, 7) is 0.544. The van der Waals surface area contributed by atoms with E-state index < -0.39 is 17.9 Å². The van der Waals surface area contributed by atoms with E-state index in [1.807, 2.05) is 6.08 Å². The molecule has 1 aromatic heterocycles. The number of likely N-dealkylation sites (tertiary alicyclic amines) is 1. The van der Waals surface area contributed by atoms with Gasteiger partial charge >= 0.3 is 5.97 Å². The molecule has 9 heteroatoms. The van der Waals surface area contributed by atoms with E-state index in [2.05, 4.69) is 0 Å². The highest BCUT2D eigenvalue weighted by Gasteiger charge is 2.28. The molecule has 30 heavy (non-hydrogen) atoms. The molecule has 1 saturated heterocycles. The van der Waals surface area contributed by atoms with Gasteiger partial charge < -0.3 is 15.1 Å². The summed E-state index contributed by atoms with van der Waals surface area (Å²) in [4.78, 5) is 25.3. The SMILES string of the molecule is O=C(O)c1ccc(SCCN2C(=O)CC[C@@H]2C=C[C@@H](O)Cc2ccc(F)c(Cl)c2)s1. The topological polar surface area (TPSA) is 77.8 Å². The number of carboxylic acids is 1. The summed E-state index contributed by atoms with van der Waals surface area (Å²) in [5, 5.41) is 19.3. The van der Waals surface area contributed by atoms with Crippen LogP contribution in [0.2, 0.25) is 5.02 Å². The monoisotopic (exact) mass is 469 g/mol. The molecule has 1 aliphatic rings. The van der Waals surface area contributed by atoms with Crippen LogP contribution in [0.3, 0.4) is 0 Å². The highest BCUT2D eigenvalue weighted by Crippen LogP contribution is 2.28. The van der Waals surface area contributed by atoms with Gasteiger partial charge in [0.15, 0.2) is 0 Å². The Labute approximate surface area is 187 Å². The smallest absolute Gasteiger partial charge is 0.345 e. The maximum absolute atomic E-state index is 13.2. The number of carbonyl (C=O) groups is 2. The van der Waals surface area contributed by atoms with Gasteiger partial charge in [-0.2, -0.15) is 0 Å². The summed E-state index contributed by atoms with van der Waals surface area (Å²) in [6.07, 6.45) is 4.21. The van der Waals surface area contributed by atoms with Crippen molar-refractivity contribution in [2.24, 2.45) is 0 Å². The van der Waals surface area contributed by atoms with Crippen LogP contribution < -0.4 is 0 Å². The van der Waals surface area contributed by atoms with Gasteiger partial charge in [0.2, 0.25) is 5.91 Å². The third-order valence-electron chi connectivity index (χ3n) is 4.73. The number of hydrogen-bond donors (Lipinski definition) is 2. The summed E-state index contributed by atoms with van der Waals surface area (Å²) in [5.41, 5.74) is 0.728. The Morgan fingerprint density at radius 1 is 1.40 bits per heavy atom. The first-order valence-electron chi connectivity index (χ1n) is 9.39. The first-order valence-corrected chi connectivity index (χ1v) is 11.6. The molecule has 0 spiro atoms. The van der Waals surface area contributed by atoms with E-state index in [1.165, 1.54) is 35.2 Å². The number of aromatic carboxylic acids is 1. The van der Waals surface area contributed by atoms with Crippen LogP contribution in [0.25, 0.3) is 0 Å². The number of thiophene rings is 1. The summed E-state index contributed by atoms with van der Waals surface area (Å²) < 4.78 is 14.1. The fourth-order valence-electron chi connectivity index (χ4n) is 3.24. The molecular weight excluding hydrogens is 449 g/mol. The second kappa shape index (κ2) is 10.4. The molecule has 160 valence electrons. The van der Waals surface area contributed by atoms with Crippen LogP contribution in [0.4, 0.5) is 4.39 Å². The van der Waals surface area contributed by atoms with Crippen LogP contribution >= 0.6 is 34.7 Å². The number of rotatable bonds is 9. The molecule has 0 saturated carbocycles. The fraction of sp³-hybridized carbons (Fsp3) is 0.333. The minimum absolute atomic E-state index is 0.0231. The lowest BCUT2D eigenvalue weighted by atomic mass is 10.1. The van der Waals surface area contributed by atoms with Gasteiger partial charge in [-0.15, -0.1) is 23.1 Å². The summed E-state index contributed by atoms with van der Waals surface area (Å²) in [7, 11) is 0. The van der Waals surface area contributed by atoms with Crippen LogP contribution in [-0.4, -0.2) is 51.4 Å². The van der Waals surface area contributed by atoms with Crippen molar-refractivity contribution in [3.8, 4) is 0 Å². The first-order chi connectivity index (χ1) is 14.3. The highest BCUT2D eigenvalue weighted by molar-refractivity contribution is 8.01. The standard InChI is InChI=1S/C21H21ClFNO4S2/c22-16-12-13(1-5-17(16)23)11-15(25)4-2-14-3-7-19(26)24(14)9-10-29-20-8-6-18(30-20)21(27)28/h1-2,4-6,8,12,14-15,25H,3,7,9-11H2,(H,27,28)/t14-,15+/m0/s1. The highest BCUT2D eigenvalue weighted by atomic mass is 35.5. The van der Waals surface area contributed by atoms with Crippen molar-refractivity contribution in [2.45, 2.75) is 35.6 Å². The Morgan fingerprint density at radius 2 is 2.20 bits per heavy atom. The zero-order valence-corrected chi connectivity index (χ0v) is 18.4. The lowest BCUT2D eigenvalue weighted by molar-refractivity contribution is -0.128. The Morgan fingerprint density at radius 3 is 2.90 bits per heavy atom. The molecule has 0 bridgehead atoms. The molecule has 5 nitrogen and oxygen atoms in total. The van der Waals surface area contributed by atoms with Gasteiger partial charge in [0.1, 0.15) is 10.7 Å². The zero-order chi connectivity index (χ0) is 21.7. The molecule has 0 aliphatic carbocycles. The molecule has 2 aromatic rings. The van der Waals surface area contributed by atoms with Crippen molar-refractivity contribution in [3.63, 3.8) is 0 Å². The zero-order valence-electron chi connectivity index (χ0n) is 16.0. The number of amides is 1. The van der Waals surface area contributed by atoms with Gasteiger partial charge in [-0.05, 0) is 36.2 Å². The molecule has 3 rings (SSSR count). The molecule has 0 radical (unpaired) electrons. The number of halogens is 2. The van der Waals surface area contributed by atoms with E-state index in [9.17, 15) is 19.1 Å². The Hall–Kier alpha value is -1.87. The molecule has 1 aromatic carbocycles. The molecule has 0 unspecified atom stereocenters. The number of benzene rings is 1. The van der Waals surface area contributed by atoms with Gasteiger partial charge in [0.05, 0.1) is 21.4 Å². The molecule has 1 aliphatic heterocycles. The average Bonchev–Trinajstić information content (AvgIpc) is 3.31. The minimum Gasteiger partial charge on any atom is -0.477 e. The molecule has 1 amide bonds. The largest absolute Gasteiger partial charge is 0.477 e. The molecule has 1 fully saturated rings. The quantitative estimate of drug-likeness (QED) is 0.418. The van der Waals surface area contributed by atoms with E-state index in [1.54, 1.807) is 29.2 Å². The van der Waals surface area contributed by atoms with Gasteiger partial charge in [-0.25, -0.2) is 9.18 Å². The number of carbonyl (C=O) groups excluding carboxylic acids is 1. The third-order valence-corrected chi connectivity index (χ3v) is 7.30. The maximum atomic E-state index is 13.2. The van der Waals surface area contributed by atoms with E-state index in [0.717, 1.165) is 9.77 Å². The summed E-state index contributed by atoms with van der Waals surface area (Å²) in [5.74, 6) is -0.701. The second-order valence-corrected chi connectivity index (χ2v) is 9.76. The minimum atomic E-state index is -0.937. The van der Waals surface area contributed by atoms with E-state index in [4.69, 9.17) is 16.7 Å². The number of hydrogen-bond acceptors (Lipinski definition) is 5. The number of nitrogens with zero attached hydrogens (tertiary/aromatic N) is 1. The van der Waals surface area contributed by atoms with Crippen LogP contribution in [0.1, 0.15) is 28.1 Å². The molecule has 2 atom stereocenters. The lowest BCUT2D eigenvalue weighted by Crippen LogP contribution is -2.33. The van der Waals surface area contributed by atoms with Gasteiger partial charge in [-0.1, -0.05) is 29.8 Å².